The summed E-state index contributed by atoms with van der Waals surface area (Å²) in [6.07, 6.45) is 4.88. The molecule has 1 aliphatic rings. The number of ether oxygens (including phenoxy) is 2. The maximum Gasteiger partial charge on any atom is 0.0853 e. The molecule has 0 aromatic heterocycles. The third-order valence-electron chi connectivity index (χ3n) is 3.43. The molecule has 0 spiro atoms. The fourth-order valence-corrected chi connectivity index (χ4v) is 2.55. The molecule has 1 unspecified atom stereocenters. The topological polar surface area (TPSA) is 30.5 Å². The maximum absolute atomic E-state index is 5.77. The third-order valence-corrected chi connectivity index (χ3v) is 3.43. The lowest BCUT2D eigenvalue weighted by Crippen LogP contribution is -2.53. The summed E-state index contributed by atoms with van der Waals surface area (Å²) in [5.41, 5.74) is 0.0190. The highest BCUT2D eigenvalue weighted by atomic mass is 16.5. The molecule has 3 heteroatoms. The summed E-state index contributed by atoms with van der Waals surface area (Å²) in [5, 5.41) is 3.50. The minimum atomic E-state index is 0.0190. The molecule has 1 atom stereocenters. The zero-order chi connectivity index (χ0) is 11.1. The normalized spacial score (nSPS) is 21.8. The number of rotatable bonds is 7. The predicted molar refractivity (Wildman–Crippen MR) is 62.2 cm³/mol. The van der Waals surface area contributed by atoms with E-state index in [9.17, 15) is 0 Å². The molecule has 1 saturated carbocycles. The van der Waals surface area contributed by atoms with Crippen molar-refractivity contribution in [3.8, 4) is 0 Å². The number of methoxy groups -OCH3 is 1. The van der Waals surface area contributed by atoms with E-state index in [4.69, 9.17) is 9.47 Å². The molecule has 0 aliphatic heterocycles. The lowest BCUT2D eigenvalue weighted by molar-refractivity contribution is -0.0581. The van der Waals surface area contributed by atoms with Crippen LogP contribution >= 0.6 is 0 Å². The average Bonchev–Trinajstić information content (AvgIpc) is 2.74. The van der Waals surface area contributed by atoms with Crippen molar-refractivity contribution < 1.29 is 9.47 Å². The highest BCUT2D eigenvalue weighted by Gasteiger charge is 2.41. The van der Waals surface area contributed by atoms with Crippen molar-refractivity contribution >= 4 is 0 Å². The minimum Gasteiger partial charge on any atom is -0.380 e. The van der Waals surface area contributed by atoms with Gasteiger partial charge in [-0.2, -0.15) is 0 Å². The Morgan fingerprint density at radius 3 is 2.40 bits per heavy atom. The SMILES string of the molecule is CCNC(COCC)C1(OC)CCCC1. The first kappa shape index (κ1) is 12.9. The van der Waals surface area contributed by atoms with E-state index in [-0.39, 0.29) is 5.60 Å². The third kappa shape index (κ3) is 3.16. The predicted octanol–water partition coefficient (Wildman–Crippen LogP) is 1.96. The van der Waals surface area contributed by atoms with Crippen molar-refractivity contribution in [3.63, 3.8) is 0 Å². The van der Waals surface area contributed by atoms with E-state index in [1.807, 2.05) is 14.0 Å². The maximum atomic E-state index is 5.77. The van der Waals surface area contributed by atoms with Gasteiger partial charge < -0.3 is 14.8 Å². The molecule has 15 heavy (non-hydrogen) atoms. The minimum absolute atomic E-state index is 0.0190. The van der Waals surface area contributed by atoms with Gasteiger partial charge in [0.2, 0.25) is 0 Å². The summed E-state index contributed by atoms with van der Waals surface area (Å²) in [6, 6.07) is 0.343. The van der Waals surface area contributed by atoms with Gasteiger partial charge in [-0.15, -0.1) is 0 Å². The van der Waals surface area contributed by atoms with Gasteiger partial charge in [0.1, 0.15) is 0 Å². The van der Waals surface area contributed by atoms with Gasteiger partial charge in [-0.25, -0.2) is 0 Å². The Bertz CT molecular complexity index is 167. The van der Waals surface area contributed by atoms with E-state index in [0.29, 0.717) is 6.04 Å². The lowest BCUT2D eigenvalue weighted by atomic mass is 9.92. The second kappa shape index (κ2) is 6.46. The van der Waals surface area contributed by atoms with E-state index in [2.05, 4.69) is 12.2 Å². The molecule has 0 radical (unpaired) electrons. The summed E-state index contributed by atoms with van der Waals surface area (Å²) in [5.74, 6) is 0. The second-order valence-electron chi connectivity index (χ2n) is 4.25. The van der Waals surface area contributed by atoms with Gasteiger partial charge in [-0.05, 0) is 26.3 Å². The number of hydrogen-bond acceptors (Lipinski definition) is 3. The van der Waals surface area contributed by atoms with E-state index >= 15 is 0 Å². The summed E-state index contributed by atoms with van der Waals surface area (Å²) in [4.78, 5) is 0. The molecular formula is C12H25NO2. The lowest BCUT2D eigenvalue weighted by Gasteiger charge is -2.36. The Morgan fingerprint density at radius 1 is 1.27 bits per heavy atom. The zero-order valence-corrected chi connectivity index (χ0v) is 10.3. The van der Waals surface area contributed by atoms with Crippen molar-refractivity contribution in [1.29, 1.82) is 0 Å². The molecule has 0 amide bonds. The van der Waals surface area contributed by atoms with Gasteiger partial charge in [-0.3, -0.25) is 0 Å². The Labute approximate surface area is 93.5 Å². The summed E-state index contributed by atoms with van der Waals surface area (Å²) >= 11 is 0. The van der Waals surface area contributed by atoms with E-state index in [1.54, 1.807) is 0 Å². The zero-order valence-electron chi connectivity index (χ0n) is 10.3. The van der Waals surface area contributed by atoms with E-state index < -0.39 is 0 Å². The Balaban J connectivity index is 2.57. The summed E-state index contributed by atoms with van der Waals surface area (Å²) < 4.78 is 11.3. The molecule has 90 valence electrons. The average molecular weight is 215 g/mol. The van der Waals surface area contributed by atoms with Gasteiger partial charge in [0, 0.05) is 13.7 Å². The van der Waals surface area contributed by atoms with Crippen LogP contribution in [0.3, 0.4) is 0 Å². The second-order valence-corrected chi connectivity index (χ2v) is 4.25. The Kier molecular flexibility index (Phi) is 5.58. The van der Waals surface area contributed by atoms with Crippen LogP contribution in [0.2, 0.25) is 0 Å². The van der Waals surface area contributed by atoms with Crippen LogP contribution in [0.25, 0.3) is 0 Å². The van der Waals surface area contributed by atoms with Crippen LogP contribution in [0.15, 0.2) is 0 Å². The quantitative estimate of drug-likeness (QED) is 0.704. The van der Waals surface area contributed by atoms with Crippen LogP contribution in [0.5, 0.6) is 0 Å². The van der Waals surface area contributed by atoms with Crippen LogP contribution in [0, 0.1) is 0 Å². The largest absolute Gasteiger partial charge is 0.380 e. The van der Waals surface area contributed by atoms with Crippen LogP contribution in [-0.2, 0) is 9.47 Å². The van der Waals surface area contributed by atoms with E-state index in [0.717, 1.165) is 32.6 Å². The highest BCUT2D eigenvalue weighted by molar-refractivity contribution is 4.96. The summed E-state index contributed by atoms with van der Waals surface area (Å²) in [7, 11) is 1.83. The molecule has 1 fully saturated rings. The molecule has 1 N–H and O–H groups in total. The van der Waals surface area contributed by atoms with Gasteiger partial charge >= 0.3 is 0 Å². The standard InChI is InChI=1S/C12H25NO2/c1-4-13-11(10-15-5-2)12(14-3)8-6-7-9-12/h11,13H,4-10H2,1-3H3. The molecule has 0 aromatic rings. The number of hydrogen-bond donors (Lipinski definition) is 1. The van der Waals surface area contributed by atoms with Crippen molar-refractivity contribution in [2.75, 3.05) is 26.9 Å². The summed E-state index contributed by atoms with van der Waals surface area (Å²) in [6.45, 7) is 6.69. The van der Waals surface area contributed by atoms with Crippen molar-refractivity contribution in [3.05, 3.63) is 0 Å². The van der Waals surface area contributed by atoms with Crippen LogP contribution < -0.4 is 5.32 Å². The fraction of sp³-hybridized carbons (Fsp3) is 1.00. The van der Waals surface area contributed by atoms with Gasteiger partial charge in [0.05, 0.1) is 18.2 Å². The van der Waals surface area contributed by atoms with Crippen LogP contribution in [-0.4, -0.2) is 38.5 Å². The molecule has 1 aliphatic carbocycles. The number of likely N-dealkylation sites (N-methyl/N-ethyl adjacent to an activating group) is 1. The van der Waals surface area contributed by atoms with Crippen molar-refractivity contribution in [1.82, 2.24) is 5.32 Å². The molecule has 0 bridgehead atoms. The number of nitrogens with one attached hydrogen (secondary N) is 1. The molecule has 0 heterocycles. The highest BCUT2D eigenvalue weighted by Crippen LogP contribution is 2.35. The van der Waals surface area contributed by atoms with Crippen LogP contribution in [0.1, 0.15) is 39.5 Å². The first-order chi connectivity index (χ1) is 7.29. The molecule has 0 saturated heterocycles. The van der Waals surface area contributed by atoms with E-state index in [1.165, 1.54) is 12.8 Å². The molecule has 0 aromatic carbocycles. The first-order valence-electron chi connectivity index (χ1n) is 6.15. The monoisotopic (exact) mass is 215 g/mol. The Morgan fingerprint density at radius 2 is 1.93 bits per heavy atom. The van der Waals surface area contributed by atoms with Gasteiger partial charge in [-0.1, -0.05) is 19.8 Å². The smallest absolute Gasteiger partial charge is 0.0853 e. The van der Waals surface area contributed by atoms with Crippen molar-refractivity contribution in [2.45, 2.75) is 51.2 Å². The van der Waals surface area contributed by atoms with Crippen LogP contribution in [0.4, 0.5) is 0 Å². The molecule has 1 rings (SSSR count). The molecular weight excluding hydrogens is 190 g/mol. The van der Waals surface area contributed by atoms with Crippen molar-refractivity contribution in [2.24, 2.45) is 0 Å². The van der Waals surface area contributed by atoms with Gasteiger partial charge in [0.15, 0.2) is 0 Å². The fourth-order valence-electron chi connectivity index (χ4n) is 2.55. The van der Waals surface area contributed by atoms with Gasteiger partial charge in [0.25, 0.3) is 0 Å². The molecule has 3 nitrogen and oxygen atoms in total. The Hall–Kier alpha value is -0.120. The first-order valence-corrected chi connectivity index (χ1v) is 6.15.